The fraction of sp³-hybridized carbons (Fsp3) is 0.250. The quantitative estimate of drug-likeness (QED) is 0.605. The van der Waals surface area contributed by atoms with Gasteiger partial charge in [-0.2, -0.15) is 5.10 Å². The highest BCUT2D eigenvalue weighted by molar-refractivity contribution is 9.10. The summed E-state index contributed by atoms with van der Waals surface area (Å²) in [6, 6.07) is 7.54. The molecule has 0 aliphatic rings. The minimum Gasteiger partial charge on any atom is -0.378 e. The van der Waals surface area contributed by atoms with Crippen LogP contribution in [0.15, 0.2) is 28.7 Å². The van der Waals surface area contributed by atoms with Crippen molar-refractivity contribution in [3.8, 4) is 0 Å². The summed E-state index contributed by atoms with van der Waals surface area (Å²) in [5, 5.41) is 15.2. The molecular weight excluding hydrogens is 350 g/mol. The second-order valence-electron chi connectivity index (χ2n) is 4.03. The van der Waals surface area contributed by atoms with E-state index in [1.54, 1.807) is 0 Å². The molecular formula is C12H11BrClN3O3. The highest BCUT2D eigenvalue weighted by Crippen LogP contribution is 2.30. The normalized spacial score (nSPS) is 10.8. The lowest BCUT2D eigenvalue weighted by atomic mass is 10.2. The van der Waals surface area contributed by atoms with Crippen LogP contribution >= 0.6 is 27.5 Å². The number of methoxy groups -OCH3 is 1. The maximum Gasteiger partial charge on any atom is 0.331 e. The Balaban J connectivity index is 2.40. The first kappa shape index (κ1) is 15.0. The maximum absolute atomic E-state index is 11.1. The molecule has 2 aromatic rings. The first-order chi connectivity index (χ1) is 9.54. The molecule has 1 heterocycles. The number of hydrogen-bond donors (Lipinski definition) is 0. The minimum absolute atomic E-state index is 0.00203. The van der Waals surface area contributed by atoms with E-state index in [0.29, 0.717) is 6.54 Å². The Morgan fingerprint density at radius 2 is 2.20 bits per heavy atom. The Bertz CT molecular complexity index is 645. The van der Waals surface area contributed by atoms with Crippen LogP contribution in [0.4, 0.5) is 5.69 Å². The van der Waals surface area contributed by atoms with Crippen LogP contribution in [0.5, 0.6) is 0 Å². The fourth-order valence-corrected chi connectivity index (χ4v) is 2.47. The number of nitro groups is 1. The largest absolute Gasteiger partial charge is 0.378 e. The lowest BCUT2D eigenvalue weighted by Gasteiger charge is -2.04. The minimum atomic E-state index is -0.541. The molecule has 106 valence electrons. The first-order valence-corrected chi connectivity index (χ1v) is 6.83. The predicted octanol–water partition coefficient (Wildman–Crippen LogP) is 3.40. The van der Waals surface area contributed by atoms with Crippen LogP contribution in [0.3, 0.4) is 0 Å². The fourth-order valence-electron chi connectivity index (χ4n) is 1.79. The first-order valence-electron chi connectivity index (χ1n) is 5.66. The van der Waals surface area contributed by atoms with E-state index in [2.05, 4.69) is 21.0 Å². The SMILES string of the molecule is COCc1nn(Cc2ccccc2Br)c(Cl)c1[N+](=O)[O-]. The number of hydrogen-bond acceptors (Lipinski definition) is 4. The van der Waals surface area contributed by atoms with Gasteiger partial charge < -0.3 is 4.74 Å². The number of ether oxygens (including phenoxy) is 1. The summed E-state index contributed by atoms with van der Waals surface area (Å²) in [5.74, 6) is 0. The molecule has 0 radical (unpaired) electrons. The van der Waals surface area contributed by atoms with Crippen LogP contribution < -0.4 is 0 Å². The molecule has 0 aliphatic heterocycles. The highest BCUT2D eigenvalue weighted by Gasteiger charge is 2.26. The average Bonchev–Trinajstić information content (AvgIpc) is 2.69. The van der Waals surface area contributed by atoms with E-state index in [1.807, 2.05) is 24.3 Å². The summed E-state index contributed by atoms with van der Waals surface area (Å²) >= 11 is 9.47. The third-order valence-electron chi connectivity index (χ3n) is 2.68. The van der Waals surface area contributed by atoms with Crippen molar-refractivity contribution in [3.63, 3.8) is 0 Å². The van der Waals surface area contributed by atoms with Crippen LogP contribution in [0, 0.1) is 10.1 Å². The highest BCUT2D eigenvalue weighted by atomic mass is 79.9. The molecule has 8 heteroatoms. The lowest BCUT2D eigenvalue weighted by molar-refractivity contribution is -0.385. The monoisotopic (exact) mass is 359 g/mol. The number of benzene rings is 1. The molecule has 0 aliphatic carbocycles. The Labute approximate surface area is 128 Å². The summed E-state index contributed by atoms with van der Waals surface area (Å²) in [5.41, 5.74) is 0.936. The second kappa shape index (κ2) is 6.34. The Morgan fingerprint density at radius 1 is 1.50 bits per heavy atom. The summed E-state index contributed by atoms with van der Waals surface area (Å²) in [6.07, 6.45) is 0. The van der Waals surface area contributed by atoms with Crippen molar-refractivity contribution in [1.82, 2.24) is 9.78 Å². The number of aromatic nitrogens is 2. The van der Waals surface area contributed by atoms with Gasteiger partial charge in [0.05, 0.1) is 18.1 Å². The zero-order valence-electron chi connectivity index (χ0n) is 10.5. The van der Waals surface area contributed by atoms with Gasteiger partial charge in [-0.25, -0.2) is 4.68 Å². The molecule has 0 unspecified atom stereocenters. The molecule has 0 saturated carbocycles. The van der Waals surface area contributed by atoms with E-state index >= 15 is 0 Å². The van der Waals surface area contributed by atoms with Crippen molar-refractivity contribution >= 4 is 33.2 Å². The van der Waals surface area contributed by atoms with Crippen LogP contribution in [0.2, 0.25) is 5.15 Å². The topological polar surface area (TPSA) is 70.2 Å². The van der Waals surface area contributed by atoms with Gasteiger partial charge in [0.15, 0.2) is 5.69 Å². The lowest BCUT2D eigenvalue weighted by Crippen LogP contribution is -2.03. The summed E-state index contributed by atoms with van der Waals surface area (Å²) in [4.78, 5) is 10.5. The van der Waals surface area contributed by atoms with Gasteiger partial charge in [-0.15, -0.1) is 0 Å². The molecule has 0 bridgehead atoms. The van der Waals surface area contributed by atoms with Crippen molar-refractivity contribution in [2.24, 2.45) is 0 Å². The van der Waals surface area contributed by atoms with Crippen molar-refractivity contribution < 1.29 is 9.66 Å². The van der Waals surface area contributed by atoms with Gasteiger partial charge in [0.2, 0.25) is 5.15 Å². The number of halogens is 2. The maximum atomic E-state index is 11.1. The van der Waals surface area contributed by atoms with Gasteiger partial charge in [0.1, 0.15) is 0 Å². The molecule has 0 atom stereocenters. The summed E-state index contributed by atoms with van der Waals surface area (Å²) in [6.45, 7) is 0.379. The molecule has 0 fully saturated rings. The number of rotatable bonds is 5. The molecule has 20 heavy (non-hydrogen) atoms. The number of nitrogens with zero attached hydrogens (tertiary/aromatic N) is 3. The van der Waals surface area contributed by atoms with E-state index < -0.39 is 4.92 Å². The molecule has 1 aromatic heterocycles. The van der Waals surface area contributed by atoms with Crippen molar-refractivity contribution in [2.75, 3.05) is 7.11 Å². The third kappa shape index (κ3) is 3.00. The molecule has 0 N–H and O–H groups in total. The van der Waals surface area contributed by atoms with E-state index in [0.717, 1.165) is 10.0 Å². The smallest absolute Gasteiger partial charge is 0.331 e. The van der Waals surface area contributed by atoms with Gasteiger partial charge in [0, 0.05) is 11.6 Å². The molecule has 1 aromatic carbocycles. The van der Waals surface area contributed by atoms with Crippen molar-refractivity contribution in [1.29, 1.82) is 0 Å². The van der Waals surface area contributed by atoms with Crippen molar-refractivity contribution in [2.45, 2.75) is 13.2 Å². The van der Waals surface area contributed by atoms with Crippen molar-refractivity contribution in [3.05, 3.63) is 55.3 Å². The average molecular weight is 361 g/mol. The molecule has 6 nitrogen and oxygen atoms in total. The standard InChI is InChI=1S/C12H11BrClN3O3/c1-20-7-10-11(17(18)19)12(14)16(15-10)6-8-4-2-3-5-9(8)13/h2-5H,6-7H2,1H3. The second-order valence-corrected chi connectivity index (χ2v) is 5.24. The van der Waals surface area contributed by atoms with Gasteiger partial charge in [-0.3, -0.25) is 10.1 Å². The van der Waals surface area contributed by atoms with E-state index in [9.17, 15) is 10.1 Å². The predicted molar refractivity (Wildman–Crippen MR) is 77.8 cm³/mol. The Morgan fingerprint density at radius 3 is 2.80 bits per heavy atom. The van der Waals surface area contributed by atoms with Crippen LogP contribution in [0.1, 0.15) is 11.3 Å². The van der Waals surface area contributed by atoms with E-state index in [1.165, 1.54) is 11.8 Å². The van der Waals surface area contributed by atoms with E-state index in [-0.39, 0.29) is 23.1 Å². The van der Waals surface area contributed by atoms with Gasteiger partial charge in [0.25, 0.3) is 0 Å². The van der Waals surface area contributed by atoms with Gasteiger partial charge in [-0.1, -0.05) is 45.7 Å². The molecule has 0 amide bonds. The van der Waals surface area contributed by atoms with Crippen LogP contribution in [-0.2, 0) is 17.9 Å². The van der Waals surface area contributed by atoms with Gasteiger partial charge >= 0.3 is 5.69 Å². The summed E-state index contributed by atoms with van der Waals surface area (Å²) in [7, 11) is 1.45. The van der Waals surface area contributed by atoms with E-state index in [4.69, 9.17) is 16.3 Å². The summed E-state index contributed by atoms with van der Waals surface area (Å²) < 4.78 is 7.20. The molecule has 2 rings (SSSR count). The molecule has 0 saturated heterocycles. The Hall–Kier alpha value is -1.44. The zero-order chi connectivity index (χ0) is 14.7. The van der Waals surface area contributed by atoms with Crippen LogP contribution in [0.25, 0.3) is 0 Å². The third-order valence-corrected chi connectivity index (χ3v) is 3.83. The zero-order valence-corrected chi connectivity index (χ0v) is 12.9. The Kier molecular flexibility index (Phi) is 4.74. The molecule has 0 spiro atoms. The van der Waals surface area contributed by atoms with Crippen LogP contribution in [-0.4, -0.2) is 21.8 Å². The van der Waals surface area contributed by atoms with Gasteiger partial charge in [-0.05, 0) is 11.6 Å².